The summed E-state index contributed by atoms with van der Waals surface area (Å²) in [5, 5.41) is 11.6. The summed E-state index contributed by atoms with van der Waals surface area (Å²) in [5.41, 5.74) is 0.0338. The maximum atomic E-state index is 12.6. The average Bonchev–Trinajstić information content (AvgIpc) is 2.59. The summed E-state index contributed by atoms with van der Waals surface area (Å²) in [6.45, 7) is 4.45. The number of carbonyl (C=O) groups is 2. The van der Waals surface area contributed by atoms with Crippen molar-refractivity contribution in [2.24, 2.45) is 5.92 Å². The molecule has 0 unspecified atom stereocenters. The molecule has 1 aromatic carbocycles. The average molecular weight is 352 g/mol. The van der Waals surface area contributed by atoms with Gasteiger partial charge in [0, 0.05) is 25.6 Å². The van der Waals surface area contributed by atoms with Crippen LogP contribution in [0.1, 0.15) is 23.2 Å². The summed E-state index contributed by atoms with van der Waals surface area (Å²) < 4.78 is 26.5. The second kappa shape index (κ2) is 7.59. The first-order chi connectivity index (χ1) is 11.4. The molecule has 2 N–H and O–H groups in total. The molecule has 1 aliphatic rings. The molecule has 0 atom stereocenters. The van der Waals surface area contributed by atoms with Crippen LogP contribution in [-0.2, 0) is 14.8 Å². The zero-order valence-electron chi connectivity index (χ0n) is 13.1. The molecule has 1 heterocycles. The molecule has 0 spiro atoms. The quantitative estimate of drug-likeness (QED) is 0.746. The predicted molar refractivity (Wildman–Crippen MR) is 88.1 cm³/mol. The number of nitrogens with one attached hydrogen (secondary N) is 1. The van der Waals surface area contributed by atoms with Gasteiger partial charge in [0.15, 0.2) is 0 Å². The van der Waals surface area contributed by atoms with Crippen LogP contribution in [0.15, 0.2) is 41.8 Å². The van der Waals surface area contributed by atoms with E-state index in [9.17, 15) is 18.0 Å². The van der Waals surface area contributed by atoms with Crippen molar-refractivity contribution in [3.05, 3.63) is 42.5 Å². The summed E-state index contributed by atoms with van der Waals surface area (Å²) in [6, 6.07) is 5.12. The molecule has 7 nitrogen and oxygen atoms in total. The van der Waals surface area contributed by atoms with Gasteiger partial charge in [-0.15, -0.1) is 6.58 Å². The molecule has 0 bridgehead atoms. The van der Waals surface area contributed by atoms with Gasteiger partial charge < -0.3 is 10.4 Å². The Bertz CT molecular complexity index is 719. The van der Waals surface area contributed by atoms with Gasteiger partial charge in [-0.1, -0.05) is 6.08 Å². The monoisotopic (exact) mass is 352 g/mol. The Morgan fingerprint density at radius 2 is 1.83 bits per heavy atom. The van der Waals surface area contributed by atoms with Crippen molar-refractivity contribution in [3.8, 4) is 0 Å². The van der Waals surface area contributed by atoms with Crippen LogP contribution < -0.4 is 5.32 Å². The lowest BCUT2D eigenvalue weighted by atomic mass is 9.97. The summed E-state index contributed by atoms with van der Waals surface area (Å²) in [5.74, 6) is -1.39. The van der Waals surface area contributed by atoms with E-state index in [1.807, 2.05) is 0 Å². The molecule has 24 heavy (non-hydrogen) atoms. The third-order valence-electron chi connectivity index (χ3n) is 3.98. The maximum absolute atomic E-state index is 12.6. The number of carboxylic acid groups (broad SMARTS) is 1. The van der Waals surface area contributed by atoms with Crippen LogP contribution in [0.3, 0.4) is 0 Å². The van der Waals surface area contributed by atoms with E-state index < -0.39 is 16.0 Å². The highest BCUT2D eigenvalue weighted by molar-refractivity contribution is 7.89. The van der Waals surface area contributed by atoms with Gasteiger partial charge in [0.2, 0.25) is 15.9 Å². The van der Waals surface area contributed by atoms with E-state index in [-0.39, 0.29) is 35.4 Å². The van der Waals surface area contributed by atoms with Gasteiger partial charge in [-0.2, -0.15) is 4.31 Å². The first-order valence-electron chi connectivity index (χ1n) is 7.58. The molecule has 1 saturated heterocycles. The van der Waals surface area contributed by atoms with Crippen molar-refractivity contribution < 1.29 is 23.1 Å². The predicted octanol–water partition coefficient (Wildman–Crippen LogP) is 1.09. The van der Waals surface area contributed by atoms with Gasteiger partial charge in [0.1, 0.15) is 0 Å². The fraction of sp³-hybridized carbons (Fsp3) is 0.375. The van der Waals surface area contributed by atoms with Crippen molar-refractivity contribution in [3.63, 3.8) is 0 Å². The summed E-state index contributed by atoms with van der Waals surface area (Å²) in [7, 11) is -3.68. The molecule has 0 radical (unpaired) electrons. The van der Waals surface area contributed by atoms with Crippen molar-refractivity contribution in [2.75, 3.05) is 19.6 Å². The Morgan fingerprint density at radius 3 is 2.33 bits per heavy atom. The number of sulfonamides is 1. The van der Waals surface area contributed by atoms with Crippen LogP contribution in [-0.4, -0.2) is 49.3 Å². The van der Waals surface area contributed by atoms with Crippen molar-refractivity contribution in [1.29, 1.82) is 0 Å². The molecule has 2 rings (SSSR count). The number of rotatable bonds is 6. The standard InChI is InChI=1S/C16H20N2O5S/c1-2-9-17-15(19)12-7-10-18(11-8-12)24(22,23)14-5-3-13(4-6-14)16(20)21/h2-6,12H,1,7-11H2,(H,17,19)(H,20,21). The van der Waals surface area contributed by atoms with Crippen LogP contribution in [0.5, 0.6) is 0 Å². The Balaban J connectivity index is 2.03. The van der Waals surface area contributed by atoms with E-state index in [4.69, 9.17) is 5.11 Å². The van der Waals surface area contributed by atoms with E-state index in [2.05, 4.69) is 11.9 Å². The number of nitrogens with zero attached hydrogens (tertiary/aromatic N) is 1. The van der Waals surface area contributed by atoms with Gasteiger partial charge in [-0.3, -0.25) is 4.79 Å². The first-order valence-corrected chi connectivity index (χ1v) is 9.02. The van der Waals surface area contributed by atoms with Crippen molar-refractivity contribution in [1.82, 2.24) is 9.62 Å². The fourth-order valence-corrected chi connectivity index (χ4v) is 4.06. The lowest BCUT2D eigenvalue weighted by molar-refractivity contribution is -0.125. The zero-order chi connectivity index (χ0) is 17.7. The Kier molecular flexibility index (Phi) is 5.74. The molecule has 1 fully saturated rings. The van der Waals surface area contributed by atoms with Crippen LogP contribution in [0.25, 0.3) is 0 Å². The largest absolute Gasteiger partial charge is 0.478 e. The van der Waals surface area contributed by atoms with Crippen LogP contribution in [0.4, 0.5) is 0 Å². The minimum Gasteiger partial charge on any atom is -0.478 e. The molecule has 1 amide bonds. The van der Waals surface area contributed by atoms with E-state index in [1.165, 1.54) is 28.6 Å². The second-order valence-electron chi connectivity index (χ2n) is 5.54. The van der Waals surface area contributed by atoms with Crippen molar-refractivity contribution in [2.45, 2.75) is 17.7 Å². The Hall–Kier alpha value is -2.19. The van der Waals surface area contributed by atoms with Crippen LogP contribution in [0.2, 0.25) is 0 Å². The number of aromatic carboxylic acids is 1. The molecule has 8 heteroatoms. The molecule has 130 valence electrons. The SMILES string of the molecule is C=CCNC(=O)C1CCN(S(=O)(=O)c2ccc(C(=O)O)cc2)CC1. The van der Waals surface area contributed by atoms with Gasteiger partial charge in [-0.25, -0.2) is 13.2 Å². The summed E-state index contributed by atoms with van der Waals surface area (Å²) >= 11 is 0. The number of amides is 1. The molecule has 0 aromatic heterocycles. The number of carboxylic acids is 1. The molecular formula is C16H20N2O5S. The number of hydrogen-bond acceptors (Lipinski definition) is 4. The van der Waals surface area contributed by atoms with Crippen molar-refractivity contribution >= 4 is 21.9 Å². The van der Waals surface area contributed by atoms with Gasteiger partial charge in [0.25, 0.3) is 0 Å². The molecule has 0 aliphatic carbocycles. The van der Waals surface area contributed by atoms with Gasteiger partial charge >= 0.3 is 5.97 Å². The number of hydrogen-bond donors (Lipinski definition) is 2. The van der Waals surface area contributed by atoms with E-state index in [0.717, 1.165) is 0 Å². The van der Waals surface area contributed by atoms with Crippen LogP contribution >= 0.6 is 0 Å². The lowest BCUT2D eigenvalue weighted by Gasteiger charge is -2.30. The number of piperidine rings is 1. The molecular weight excluding hydrogens is 332 g/mol. The highest BCUT2D eigenvalue weighted by atomic mass is 32.2. The van der Waals surface area contributed by atoms with Gasteiger partial charge in [0.05, 0.1) is 10.5 Å². The van der Waals surface area contributed by atoms with E-state index >= 15 is 0 Å². The van der Waals surface area contributed by atoms with Gasteiger partial charge in [-0.05, 0) is 37.1 Å². The topological polar surface area (TPSA) is 104 Å². The lowest BCUT2D eigenvalue weighted by Crippen LogP contribution is -2.43. The fourth-order valence-electron chi connectivity index (χ4n) is 2.59. The van der Waals surface area contributed by atoms with E-state index in [1.54, 1.807) is 6.08 Å². The number of benzene rings is 1. The highest BCUT2D eigenvalue weighted by Gasteiger charge is 2.31. The van der Waals surface area contributed by atoms with E-state index in [0.29, 0.717) is 19.4 Å². The second-order valence-corrected chi connectivity index (χ2v) is 7.48. The Morgan fingerprint density at radius 1 is 1.25 bits per heavy atom. The summed E-state index contributed by atoms with van der Waals surface area (Å²) in [4.78, 5) is 22.8. The minimum atomic E-state index is -3.68. The highest BCUT2D eigenvalue weighted by Crippen LogP contribution is 2.24. The minimum absolute atomic E-state index is 0.0338. The molecule has 0 saturated carbocycles. The maximum Gasteiger partial charge on any atom is 0.335 e. The first kappa shape index (κ1) is 18.2. The summed E-state index contributed by atoms with van der Waals surface area (Å²) in [6.07, 6.45) is 2.50. The smallest absolute Gasteiger partial charge is 0.335 e. The molecule has 1 aromatic rings. The molecule has 1 aliphatic heterocycles. The zero-order valence-corrected chi connectivity index (χ0v) is 14.0. The normalized spacial score (nSPS) is 16.5. The third-order valence-corrected chi connectivity index (χ3v) is 5.90. The Labute approximate surface area is 141 Å². The third kappa shape index (κ3) is 4.01. The number of carbonyl (C=O) groups excluding carboxylic acids is 1. The van der Waals surface area contributed by atoms with Crippen LogP contribution in [0, 0.1) is 5.92 Å².